The first kappa shape index (κ1) is 14.2. The molecule has 2 aliphatic heterocycles. The third kappa shape index (κ3) is 2.47. The lowest BCUT2D eigenvalue weighted by Crippen LogP contribution is -2.35. The van der Waals surface area contributed by atoms with Gasteiger partial charge in [-0.05, 0) is 17.7 Å². The molecule has 8 heteroatoms. The first-order valence-electron chi connectivity index (χ1n) is 7.29. The summed E-state index contributed by atoms with van der Waals surface area (Å²) >= 11 is 0. The molecule has 0 spiro atoms. The number of aromatic nitrogens is 2. The van der Waals surface area contributed by atoms with Crippen molar-refractivity contribution in [2.75, 3.05) is 18.5 Å². The summed E-state index contributed by atoms with van der Waals surface area (Å²) in [7, 11) is 0. The number of alkyl halides is 3. The van der Waals surface area contributed by atoms with E-state index in [4.69, 9.17) is 9.47 Å². The zero-order valence-corrected chi connectivity index (χ0v) is 12.0. The second-order valence-electron chi connectivity index (χ2n) is 5.55. The summed E-state index contributed by atoms with van der Waals surface area (Å²) in [5.74, 6) is 1.55. The van der Waals surface area contributed by atoms with Crippen LogP contribution in [0.3, 0.4) is 0 Å². The van der Waals surface area contributed by atoms with Gasteiger partial charge >= 0.3 is 6.18 Å². The molecule has 0 aliphatic carbocycles. The largest absolute Gasteiger partial charge is 0.486 e. The third-order valence-electron chi connectivity index (χ3n) is 4.09. The highest BCUT2D eigenvalue weighted by molar-refractivity contribution is 5.48. The second-order valence-corrected chi connectivity index (χ2v) is 5.55. The topological polar surface area (TPSA) is 48.3 Å². The number of hydrogen-bond donors (Lipinski definition) is 1. The maximum absolute atomic E-state index is 13.3. The van der Waals surface area contributed by atoms with Crippen molar-refractivity contribution >= 4 is 5.82 Å². The second kappa shape index (κ2) is 5.07. The molecule has 0 saturated heterocycles. The number of nitrogens with zero attached hydrogens (tertiary/aromatic N) is 2. The van der Waals surface area contributed by atoms with Gasteiger partial charge in [-0.3, -0.25) is 0 Å². The molecule has 23 heavy (non-hydrogen) atoms. The van der Waals surface area contributed by atoms with Crippen molar-refractivity contribution < 1.29 is 22.6 Å². The van der Waals surface area contributed by atoms with E-state index in [2.05, 4.69) is 10.4 Å². The van der Waals surface area contributed by atoms with Crippen LogP contribution in [0.5, 0.6) is 11.5 Å². The maximum Gasteiger partial charge on any atom is 0.410 e. The molecule has 2 aromatic rings. The van der Waals surface area contributed by atoms with Crippen molar-refractivity contribution in [3.8, 4) is 11.5 Å². The minimum atomic E-state index is -4.35. The number of anilines is 1. The number of rotatable bonds is 1. The molecule has 0 fully saturated rings. The van der Waals surface area contributed by atoms with Crippen molar-refractivity contribution in [3.05, 3.63) is 36.0 Å². The van der Waals surface area contributed by atoms with Crippen molar-refractivity contribution in [3.63, 3.8) is 0 Å². The molecule has 0 amide bonds. The lowest BCUT2D eigenvalue weighted by Gasteiger charge is -2.34. The highest BCUT2D eigenvalue weighted by Crippen LogP contribution is 2.44. The third-order valence-corrected chi connectivity index (χ3v) is 4.09. The summed E-state index contributed by atoms with van der Waals surface area (Å²) in [6.07, 6.45) is -3.11. The van der Waals surface area contributed by atoms with Gasteiger partial charge in [0.05, 0.1) is 12.2 Å². The predicted octanol–water partition coefficient (Wildman–Crippen LogP) is 3.31. The standard InChI is InChI=1S/C15H14F3N3O2/c16-15(17,18)13-8-10(20-14-3-4-19-21(13)14)9-1-2-11-12(7-9)23-6-5-22-11/h1-4,7,10,13,20H,5-6,8H2/t10-,13+/m1/s1. The molecule has 0 bridgehead atoms. The van der Waals surface area contributed by atoms with Crippen molar-refractivity contribution in [1.29, 1.82) is 0 Å². The van der Waals surface area contributed by atoms with Crippen LogP contribution in [-0.2, 0) is 0 Å². The van der Waals surface area contributed by atoms with Gasteiger partial charge < -0.3 is 14.8 Å². The van der Waals surface area contributed by atoms with E-state index >= 15 is 0 Å². The van der Waals surface area contributed by atoms with Gasteiger partial charge in [-0.2, -0.15) is 18.3 Å². The van der Waals surface area contributed by atoms with Crippen LogP contribution in [0.2, 0.25) is 0 Å². The van der Waals surface area contributed by atoms with Gasteiger partial charge in [0.15, 0.2) is 17.5 Å². The van der Waals surface area contributed by atoms with Gasteiger partial charge in [-0.25, -0.2) is 4.68 Å². The summed E-state index contributed by atoms with van der Waals surface area (Å²) < 4.78 is 51.9. The molecule has 1 aromatic heterocycles. The lowest BCUT2D eigenvalue weighted by molar-refractivity contribution is -0.173. The summed E-state index contributed by atoms with van der Waals surface area (Å²) in [6.45, 7) is 0.913. The van der Waals surface area contributed by atoms with E-state index < -0.39 is 18.3 Å². The number of nitrogens with one attached hydrogen (secondary N) is 1. The highest BCUT2D eigenvalue weighted by Gasteiger charge is 2.46. The molecular formula is C15H14F3N3O2. The zero-order valence-electron chi connectivity index (χ0n) is 12.0. The number of halogens is 3. The Hall–Kier alpha value is -2.38. The smallest absolute Gasteiger partial charge is 0.410 e. The molecule has 3 heterocycles. The van der Waals surface area contributed by atoms with E-state index in [0.717, 1.165) is 10.2 Å². The minimum Gasteiger partial charge on any atom is -0.486 e. The first-order chi connectivity index (χ1) is 11.0. The number of benzene rings is 1. The molecule has 0 radical (unpaired) electrons. The van der Waals surface area contributed by atoms with Gasteiger partial charge in [0.1, 0.15) is 19.0 Å². The quantitative estimate of drug-likeness (QED) is 0.874. The fourth-order valence-electron chi connectivity index (χ4n) is 3.01. The summed E-state index contributed by atoms with van der Waals surface area (Å²) in [5.41, 5.74) is 0.732. The summed E-state index contributed by atoms with van der Waals surface area (Å²) in [4.78, 5) is 0. The molecule has 1 N–H and O–H groups in total. The van der Waals surface area contributed by atoms with E-state index in [9.17, 15) is 13.2 Å². The Morgan fingerprint density at radius 3 is 2.70 bits per heavy atom. The van der Waals surface area contributed by atoms with Crippen LogP contribution in [0.25, 0.3) is 0 Å². The first-order valence-corrected chi connectivity index (χ1v) is 7.29. The molecule has 5 nitrogen and oxygen atoms in total. The number of ether oxygens (including phenoxy) is 2. The summed E-state index contributed by atoms with van der Waals surface area (Å²) in [5, 5.41) is 6.90. The lowest BCUT2D eigenvalue weighted by atomic mass is 9.96. The fourth-order valence-corrected chi connectivity index (χ4v) is 3.01. The molecule has 1 aromatic carbocycles. The van der Waals surface area contributed by atoms with Crippen LogP contribution >= 0.6 is 0 Å². The Balaban J connectivity index is 1.68. The van der Waals surface area contributed by atoms with Gasteiger partial charge in [0.2, 0.25) is 0 Å². The maximum atomic E-state index is 13.3. The normalized spacial score (nSPS) is 23.1. The predicted molar refractivity (Wildman–Crippen MR) is 75.7 cm³/mol. The van der Waals surface area contributed by atoms with E-state index in [1.54, 1.807) is 24.3 Å². The number of hydrogen-bond acceptors (Lipinski definition) is 4. The average molecular weight is 325 g/mol. The van der Waals surface area contributed by atoms with Crippen molar-refractivity contribution in [2.45, 2.75) is 24.7 Å². The molecule has 0 saturated carbocycles. The van der Waals surface area contributed by atoms with Gasteiger partial charge in [-0.1, -0.05) is 6.07 Å². The van der Waals surface area contributed by atoms with E-state index in [-0.39, 0.29) is 6.42 Å². The monoisotopic (exact) mass is 325 g/mol. The number of fused-ring (bicyclic) bond motifs is 2. The Morgan fingerprint density at radius 1 is 1.13 bits per heavy atom. The minimum absolute atomic E-state index is 0.127. The molecule has 2 aliphatic rings. The average Bonchev–Trinajstić information content (AvgIpc) is 3.00. The van der Waals surface area contributed by atoms with Crippen molar-refractivity contribution in [2.24, 2.45) is 0 Å². The Labute approximate surface area is 130 Å². The fraction of sp³-hybridized carbons (Fsp3) is 0.400. The van der Waals surface area contributed by atoms with Crippen LogP contribution in [0.15, 0.2) is 30.5 Å². The van der Waals surface area contributed by atoms with Crippen LogP contribution < -0.4 is 14.8 Å². The van der Waals surface area contributed by atoms with Crippen LogP contribution in [-0.4, -0.2) is 29.2 Å². The van der Waals surface area contributed by atoms with Gasteiger partial charge in [0.25, 0.3) is 0 Å². The van der Waals surface area contributed by atoms with E-state index in [1.807, 2.05) is 0 Å². The van der Waals surface area contributed by atoms with Crippen LogP contribution in [0.4, 0.5) is 19.0 Å². The van der Waals surface area contributed by atoms with Crippen LogP contribution in [0, 0.1) is 0 Å². The summed E-state index contributed by atoms with van der Waals surface area (Å²) in [6, 6.07) is 4.67. The molecular weight excluding hydrogens is 311 g/mol. The van der Waals surface area contributed by atoms with E-state index in [0.29, 0.717) is 30.5 Å². The molecule has 0 unspecified atom stereocenters. The SMILES string of the molecule is FC(F)(F)[C@@H]1C[C@H](c2ccc3c(c2)OCCO3)Nc2ccnn21. The Kier molecular flexibility index (Phi) is 3.14. The molecule has 4 rings (SSSR count). The zero-order chi connectivity index (χ0) is 16.0. The Bertz CT molecular complexity index is 729. The van der Waals surface area contributed by atoms with Gasteiger partial charge in [-0.15, -0.1) is 0 Å². The van der Waals surface area contributed by atoms with Crippen molar-refractivity contribution in [1.82, 2.24) is 9.78 Å². The molecule has 122 valence electrons. The Morgan fingerprint density at radius 2 is 1.91 bits per heavy atom. The van der Waals surface area contributed by atoms with Gasteiger partial charge in [0, 0.05) is 12.5 Å². The van der Waals surface area contributed by atoms with Crippen LogP contribution in [0.1, 0.15) is 24.1 Å². The molecule has 2 atom stereocenters. The van der Waals surface area contributed by atoms with E-state index in [1.165, 1.54) is 6.20 Å². The highest BCUT2D eigenvalue weighted by atomic mass is 19.4.